The summed E-state index contributed by atoms with van der Waals surface area (Å²) in [7, 11) is -3.35. The summed E-state index contributed by atoms with van der Waals surface area (Å²) in [5, 5.41) is 8.98. The van der Waals surface area contributed by atoms with E-state index < -0.39 is 10.0 Å². The van der Waals surface area contributed by atoms with E-state index in [0.717, 1.165) is 31.2 Å². The number of sulfonamides is 1. The van der Waals surface area contributed by atoms with Crippen molar-refractivity contribution in [2.24, 2.45) is 0 Å². The van der Waals surface area contributed by atoms with Crippen LogP contribution in [-0.2, 0) is 16.6 Å². The quantitative estimate of drug-likeness (QED) is 0.902. The maximum Gasteiger partial charge on any atom is 0.243 e. The largest absolute Gasteiger partial charge is 0.392 e. The lowest BCUT2D eigenvalue weighted by Gasteiger charge is -2.21. The molecule has 0 aliphatic carbocycles. The molecule has 1 N–H and O–H groups in total. The average molecular weight is 267 g/mol. The number of aliphatic hydroxyl groups excluding tert-OH is 1. The summed E-state index contributed by atoms with van der Waals surface area (Å²) in [6.07, 6.45) is 3.99. The van der Waals surface area contributed by atoms with Gasteiger partial charge in [-0.25, -0.2) is 8.42 Å². The Morgan fingerprint density at radius 3 is 2.00 bits per heavy atom. The highest BCUT2D eigenvalue weighted by atomic mass is 32.2. The van der Waals surface area contributed by atoms with Gasteiger partial charge in [0.1, 0.15) is 0 Å². The average Bonchev–Trinajstić information content (AvgIpc) is 2.99. The molecule has 2 fully saturated rings. The molecule has 2 aliphatic rings. The van der Waals surface area contributed by atoms with Crippen molar-refractivity contribution in [2.45, 2.75) is 49.3 Å². The zero-order valence-corrected chi connectivity index (χ0v) is 10.9. The minimum atomic E-state index is -3.35. The summed E-state index contributed by atoms with van der Waals surface area (Å²) in [4.78, 5) is 0.346. The van der Waals surface area contributed by atoms with Crippen molar-refractivity contribution < 1.29 is 13.5 Å². The van der Waals surface area contributed by atoms with Gasteiger partial charge in [0.2, 0.25) is 10.0 Å². The summed E-state index contributed by atoms with van der Waals surface area (Å²) in [5.41, 5.74) is 0.735. The van der Waals surface area contributed by atoms with Crippen LogP contribution in [0.1, 0.15) is 31.2 Å². The van der Waals surface area contributed by atoms with E-state index in [1.54, 1.807) is 28.6 Å². The topological polar surface area (TPSA) is 57.6 Å². The first-order valence-corrected chi connectivity index (χ1v) is 7.80. The number of nitrogens with zero attached hydrogens (tertiary/aromatic N) is 1. The third-order valence-electron chi connectivity index (χ3n) is 4.07. The van der Waals surface area contributed by atoms with Crippen LogP contribution in [-0.4, -0.2) is 29.9 Å². The number of rotatable bonds is 3. The van der Waals surface area contributed by atoms with E-state index in [0.29, 0.717) is 4.90 Å². The first kappa shape index (κ1) is 12.1. The van der Waals surface area contributed by atoms with Gasteiger partial charge in [-0.3, -0.25) is 0 Å². The highest BCUT2D eigenvalue weighted by Crippen LogP contribution is 2.41. The van der Waals surface area contributed by atoms with Gasteiger partial charge in [0, 0.05) is 12.1 Å². The molecule has 18 heavy (non-hydrogen) atoms. The van der Waals surface area contributed by atoms with Crippen LogP contribution in [0.4, 0.5) is 0 Å². The van der Waals surface area contributed by atoms with E-state index in [2.05, 4.69) is 0 Å². The minimum Gasteiger partial charge on any atom is -0.392 e. The Labute approximate surface area is 107 Å². The fourth-order valence-corrected chi connectivity index (χ4v) is 5.08. The molecule has 0 spiro atoms. The molecule has 4 nitrogen and oxygen atoms in total. The van der Waals surface area contributed by atoms with Gasteiger partial charge in [0.25, 0.3) is 0 Å². The molecule has 3 rings (SSSR count). The second-order valence-electron chi connectivity index (χ2n) is 5.10. The van der Waals surface area contributed by atoms with E-state index in [4.69, 9.17) is 5.11 Å². The van der Waals surface area contributed by atoms with Crippen molar-refractivity contribution in [1.29, 1.82) is 0 Å². The molecule has 2 bridgehead atoms. The second kappa shape index (κ2) is 4.33. The Morgan fingerprint density at radius 1 is 1.06 bits per heavy atom. The second-order valence-corrected chi connectivity index (χ2v) is 6.94. The molecule has 2 saturated heterocycles. The summed E-state index contributed by atoms with van der Waals surface area (Å²) < 4.78 is 26.8. The van der Waals surface area contributed by atoms with Gasteiger partial charge >= 0.3 is 0 Å². The van der Waals surface area contributed by atoms with Crippen LogP contribution in [0.5, 0.6) is 0 Å². The monoisotopic (exact) mass is 267 g/mol. The molecule has 0 amide bonds. The first-order valence-electron chi connectivity index (χ1n) is 6.36. The Kier molecular flexibility index (Phi) is 2.92. The summed E-state index contributed by atoms with van der Waals surface area (Å²) >= 11 is 0. The lowest BCUT2D eigenvalue weighted by Crippen LogP contribution is -2.35. The zero-order valence-electron chi connectivity index (χ0n) is 10.1. The Morgan fingerprint density at radius 2 is 1.56 bits per heavy atom. The van der Waals surface area contributed by atoms with Gasteiger partial charge in [0.15, 0.2) is 0 Å². The van der Waals surface area contributed by atoms with Crippen LogP contribution in [0.2, 0.25) is 0 Å². The molecular formula is C13H17NO3S. The number of aliphatic hydroxyl groups is 1. The van der Waals surface area contributed by atoms with Gasteiger partial charge in [-0.2, -0.15) is 4.31 Å². The highest BCUT2D eigenvalue weighted by molar-refractivity contribution is 7.89. The fraction of sp³-hybridized carbons (Fsp3) is 0.538. The van der Waals surface area contributed by atoms with Crippen LogP contribution in [0.3, 0.4) is 0 Å². The van der Waals surface area contributed by atoms with Crippen molar-refractivity contribution in [3.63, 3.8) is 0 Å². The van der Waals surface area contributed by atoms with Gasteiger partial charge < -0.3 is 5.11 Å². The van der Waals surface area contributed by atoms with Gasteiger partial charge in [-0.05, 0) is 43.4 Å². The number of fused-ring (bicyclic) bond motifs is 2. The minimum absolute atomic E-state index is 0.0602. The maximum absolute atomic E-state index is 12.6. The standard InChI is InChI=1S/C13H17NO3S/c15-9-10-1-7-13(8-2-10)18(16,17)14-11-3-4-12(14)6-5-11/h1-2,7-8,11-12,15H,3-6,9H2. The molecule has 1 aromatic rings. The van der Waals surface area contributed by atoms with Gasteiger partial charge in [-0.15, -0.1) is 0 Å². The summed E-state index contributed by atoms with van der Waals surface area (Å²) in [6, 6.07) is 6.95. The molecule has 1 aromatic carbocycles. The molecule has 0 unspecified atom stereocenters. The molecular weight excluding hydrogens is 250 g/mol. The van der Waals surface area contributed by atoms with Crippen molar-refractivity contribution in [3.05, 3.63) is 29.8 Å². The predicted molar refractivity (Wildman–Crippen MR) is 67.4 cm³/mol. The molecule has 5 heteroatoms. The summed E-state index contributed by atoms with van der Waals surface area (Å²) in [6.45, 7) is -0.0602. The van der Waals surface area contributed by atoms with Crippen LogP contribution in [0.25, 0.3) is 0 Å². The molecule has 2 heterocycles. The van der Waals surface area contributed by atoms with Crippen molar-refractivity contribution in [3.8, 4) is 0 Å². The van der Waals surface area contributed by atoms with E-state index >= 15 is 0 Å². The van der Waals surface area contributed by atoms with Gasteiger partial charge in [0.05, 0.1) is 11.5 Å². The lowest BCUT2D eigenvalue weighted by atomic mass is 10.0. The maximum atomic E-state index is 12.6. The van der Waals surface area contributed by atoms with E-state index in [1.807, 2.05) is 0 Å². The normalized spacial score (nSPS) is 27.8. The van der Waals surface area contributed by atoms with Crippen molar-refractivity contribution in [1.82, 2.24) is 4.31 Å². The van der Waals surface area contributed by atoms with Crippen LogP contribution >= 0.6 is 0 Å². The molecule has 0 aromatic heterocycles. The highest BCUT2D eigenvalue weighted by Gasteiger charge is 2.46. The Bertz CT molecular complexity index is 518. The zero-order chi connectivity index (χ0) is 12.8. The number of hydrogen-bond acceptors (Lipinski definition) is 3. The van der Waals surface area contributed by atoms with Crippen LogP contribution in [0.15, 0.2) is 29.2 Å². The molecule has 0 radical (unpaired) electrons. The summed E-state index contributed by atoms with van der Waals surface area (Å²) in [5.74, 6) is 0. The van der Waals surface area contributed by atoms with Gasteiger partial charge in [-0.1, -0.05) is 12.1 Å². The molecule has 0 saturated carbocycles. The Balaban J connectivity index is 1.94. The third kappa shape index (κ3) is 1.77. The SMILES string of the molecule is O=S(=O)(c1ccc(CO)cc1)N1C2CCC1CC2. The first-order chi connectivity index (χ1) is 8.63. The number of benzene rings is 1. The van der Waals surface area contributed by atoms with E-state index in [1.165, 1.54) is 0 Å². The van der Waals surface area contributed by atoms with E-state index in [-0.39, 0.29) is 18.7 Å². The van der Waals surface area contributed by atoms with Crippen LogP contribution < -0.4 is 0 Å². The van der Waals surface area contributed by atoms with E-state index in [9.17, 15) is 8.42 Å². The molecule has 98 valence electrons. The predicted octanol–water partition coefficient (Wildman–Crippen LogP) is 1.49. The number of hydrogen-bond donors (Lipinski definition) is 1. The fourth-order valence-electron chi connectivity index (χ4n) is 3.15. The van der Waals surface area contributed by atoms with Crippen molar-refractivity contribution >= 4 is 10.0 Å². The third-order valence-corrected chi connectivity index (χ3v) is 6.09. The Hall–Kier alpha value is -0.910. The van der Waals surface area contributed by atoms with Crippen LogP contribution in [0, 0.1) is 0 Å². The molecule has 0 atom stereocenters. The molecule has 2 aliphatic heterocycles. The lowest BCUT2D eigenvalue weighted by molar-refractivity contribution is 0.281. The smallest absolute Gasteiger partial charge is 0.243 e. The van der Waals surface area contributed by atoms with Crippen molar-refractivity contribution in [2.75, 3.05) is 0 Å².